The van der Waals surface area contributed by atoms with Crippen LogP contribution in [0.3, 0.4) is 0 Å². The SMILES string of the molecule is CCCNCc1cc(C2(C)CC2)on1. The van der Waals surface area contributed by atoms with E-state index < -0.39 is 0 Å². The fraction of sp³-hybridized carbons (Fsp3) is 0.727. The summed E-state index contributed by atoms with van der Waals surface area (Å²) >= 11 is 0. The molecular formula is C11H18N2O. The van der Waals surface area contributed by atoms with Crippen LogP contribution in [0.2, 0.25) is 0 Å². The van der Waals surface area contributed by atoms with Crippen molar-refractivity contribution in [3.8, 4) is 0 Å². The Hall–Kier alpha value is -0.830. The summed E-state index contributed by atoms with van der Waals surface area (Å²) < 4.78 is 5.33. The van der Waals surface area contributed by atoms with Crippen LogP contribution in [-0.4, -0.2) is 11.7 Å². The molecule has 0 radical (unpaired) electrons. The highest BCUT2D eigenvalue weighted by atomic mass is 16.5. The molecule has 1 N–H and O–H groups in total. The number of hydrogen-bond donors (Lipinski definition) is 1. The molecule has 1 aliphatic rings. The molecule has 0 atom stereocenters. The van der Waals surface area contributed by atoms with E-state index in [1.165, 1.54) is 12.8 Å². The molecule has 3 nitrogen and oxygen atoms in total. The molecule has 0 aliphatic heterocycles. The van der Waals surface area contributed by atoms with Crippen LogP contribution in [0.15, 0.2) is 10.6 Å². The van der Waals surface area contributed by atoms with Crippen molar-refractivity contribution in [2.75, 3.05) is 6.54 Å². The van der Waals surface area contributed by atoms with Crippen molar-refractivity contribution in [3.05, 3.63) is 17.5 Å². The van der Waals surface area contributed by atoms with Crippen molar-refractivity contribution in [1.82, 2.24) is 10.5 Å². The zero-order valence-electron chi connectivity index (χ0n) is 8.97. The van der Waals surface area contributed by atoms with Gasteiger partial charge in [0, 0.05) is 18.0 Å². The highest BCUT2D eigenvalue weighted by Gasteiger charge is 2.42. The van der Waals surface area contributed by atoms with Crippen molar-refractivity contribution in [3.63, 3.8) is 0 Å². The van der Waals surface area contributed by atoms with E-state index in [1.807, 2.05) is 0 Å². The summed E-state index contributed by atoms with van der Waals surface area (Å²) in [6.45, 7) is 6.26. The maximum Gasteiger partial charge on any atom is 0.142 e. The Morgan fingerprint density at radius 2 is 2.36 bits per heavy atom. The van der Waals surface area contributed by atoms with Crippen LogP contribution >= 0.6 is 0 Å². The van der Waals surface area contributed by atoms with Gasteiger partial charge in [0.2, 0.25) is 0 Å². The third-order valence-electron chi connectivity index (χ3n) is 2.89. The summed E-state index contributed by atoms with van der Waals surface area (Å²) in [5, 5.41) is 7.37. The number of rotatable bonds is 5. The molecule has 2 rings (SSSR count). The van der Waals surface area contributed by atoms with Gasteiger partial charge in [-0.05, 0) is 25.8 Å². The van der Waals surface area contributed by atoms with E-state index in [0.717, 1.165) is 31.0 Å². The predicted octanol–water partition coefficient (Wildman–Crippen LogP) is 2.23. The van der Waals surface area contributed by atoms with Crippen LogP contribution in [0.25, 0.3) is 0 Å². The molecule has 1 aromatic heterocycles. The first-order valence-corrected chi connectivity index (χ1v) is 5.41. The maximum absolute atomic E-state index is 5.33. The molecule has 3 heteroatoms. The summed E-state index contributed by atoms with van der Waals surface area (Å²) in [5.41, 5.74) is 1.33. The van der Waals surface area contributed by atoms with Gasteiger partial charge >= 0.3 is 0 Å². The van der Waals surface area contributed by atoms with Gasteiger partial charge < -0.3 is 9.84 Å². The number of aromatic nitrogens is 1. The predicted molar refractivity (Wildman–Crippen MR) is 55.1 cm³/mol. The molecule has 1 fully saturated rings. The van der Waals surface area contributed by atoms with E-state index in [2.05, 4.69) is 30.4 Å². The minimum Gasteiger partial charge on any atom is -0.361 e. The minimum absolute atomic E-state index is 0.302. The average molecular weight is 194 g/mol. The fourth-order valence-corrected chi connectivity index (χ4v) is 1.51. The molecule has 1 aromatic rings. The van der Waals surface area contributed by atoms with Crippen LogP contribution in [0.1, 0.15) is 44.6 Å². The van der Waals surface area contributed by atoms with Crippen molar-refractivity contribution in [2.45, 2.75) is 45.1 Å². The van der Waals surface area contributed by atoms with Gasteiger partial charge in [-0.2, -0.15) is 0 Å². The zero-order chi connectivity index (χ0) is 10.0. The Kier molecular flexibility index (Phi) is 2.59. The summed E-state index contributed by atoms with van der Waals surface area (Å²) in [5.74, 6) is 1.06. The second-order valence-electron chi connectivity index (χ2n) is 4.42. The van der Waals surface area contributed by atoms with Crippen molar-refractivity contribution < 1.29 is 4.52 Å². The standard InChI is InChI=1S/C11H18N2O/c1-3-6-12-8-9-7-10(14-13-9)11(2)4-5-11/h7,12H,3-6,8H2,1-2H3. The van der Waals surface area contributed by atoms with Crippen LogP contribution in [0.4, 0.5) is 0 Å². The van der Waals surface area contributed by atoms with E-state index in [0.29, 0.717) is 5.41 Å². The molecular weight excluding hydrogens is 176 g/mol. The van der Waals surface area contributed by atoms with Gasteiger partial charge in [-0.25, -0.2) is 0 Å². The second kappa shape index (κ2) is 3.73. The fourth-order valence-electron chi connectivity index (χ4n) is 1.51. The van der Waals surface area contributed by atoms with E-state index >= 15 is 0 Å². The first kappa shape index (κ1) is 9.71. The molecule has 1 aliphatic carbocycles. The maximum atomic E-state index is 5.33. The summed E-state index contributed by atoms with van der Waals surface area (Å²) in [7, 11) is 0. The highest BCUT2D eigenvalue weighted by molar-refractivity contribution is 5.21. The van der Waals surface area contributed by atoms with Gasteiger partial charge in [0.1, 0.15) is 5.76 Å². The van der Waals surface area contributed by atoms with Gasteiger partial charge in [-0.3, -0.25) is 0 Å². The first-order chi connectivity index (χ1) is 6.74. The Morgan fingerprint density at radius 3 is 3.00 bits per heavy atom. The van der Waals surface area contributed by atoms with Gasteiger partial charge in [-0.15, -0.1) is 0 Å². The second-order valence-corrected chi connectivity index (χ2v) is 4.42. The molecule has 1 saturated carbocycles. The van der Waals surface area contributed by atoms with Crippen LogP contribution in [-0.2, 0) is 12.0 Å². The lowest BCUT2D eigenvalue weighted by molar-refractivity contribution is 0.353. The molecule has 78 valence electrons. The highest BCUT2D eigenvalue weighted by Crippen LogP contribution is 2.47. The summed E-state index contributed by atoms with van der Waals surface area (Å²) in [4.78, 5) is 0. The van der Waals surface area contributed by atoms with Crippen LogP contribution in [0.5, 0.6) is 0 Å². The Bertz CT molecular complexity index is 302. The molecule has 0 aromatic carbocycles. The van der Waals surface area contributed by atoms with E-state index in [9.17, 15) is 0 Å². The molecule has 0 unspecified atom stereocenters. The topological polar surface area (TPSA) is 38.1 Å². The Labute approximate surface area is 84.9 Å². The number of nitrogens with zero attached hydrogens (tertiary/aromatic N) is 1. The molecule has 0 saturated heterocycles. The Morgan fingerprint density at radius 1 is 1.57 bits per heavy atom. The lowest BCUT2D eigenvalue weighted by Crippen LogP contribution is -2.13. The third kappa shape index (κ3) is 1.98. The molecule has 14 heavy (non-hydrogen) atoms. The minimum atomic E-state index is 0.302. The molecule has 0 bridgehead atoms. The van der Waals surface area contributed by atoms with Crippen molar-refractivity contribution in [2.24, 2.45) is 0 Å². The summed E-state index contributed by atoms with van der Waals surface area (Å²) in [6, 6.07) is 2.09. The van der Waals surface area contributed by atoms with Crippen LogP contribution < -0.4 is 5.32 Å². The number of nitrogens with one attached hydrogen (secondary N) is 1. The quantitative estimate of drug-likeness (QED) is 0.730. The normalized spacial score (nSPS) is 18.4. The van der Waals surface area contributed by atoms with Gasteiger partial charge in [-0.1, -0.05) is 19.0 Å². The Balaban J connectivity index is 1.90. The smallest absolute Gasteiger partial charge is 0.142 e. The third-order valence-corrected chi connectivity index (χ3v) is 2.89. The monoisotopic (exact) mass is 194 g/mol. The average Bonchev–Trinajstić information content (AvgIpc) is 2.76. The van der Waals surface area contributed by atoms with Gasteiger partial charge in [0.05, 0.1) is 5.69 Å². The van der Waals surface area contributed by atoms with Crippen LogP contribution in [0, 0.1) is 0 Å². The number of hydrogen-bond acceptors (Lipinski definition) is 3. The molecule has 0 spiro atoms. The van der Waals surface area contributed by atoms with E-state index in [4.69, 9.17) is 4.52 Å². The van der Waals surface area contributed by atoms with Gasteiger partial charge in [0.25, 0.3) is 0 Å². The largest absolute Gasteiger partial charge is 0.361 e. The van der Waals surface area contributed by atoms with E-state index in [-0.39, 0.29) is 0 Å². The first-order valence-electron chi connectivity index (χ1n) is 5.41. The lowest BCUT2D eigenvalue weighted by atomic mass is 10.1. The summed E-state index contributed by atoms with van der Waals surface area (Å²) in [6.07, 6.45) is 3.64. The van der Waals surface area contributed by atoms with Crippen molar-refractivity contribution >= 4 is 0 Å². The van der Waals surface area contributed by atoms with Gasteiger partial charge in [0.15, 0.2) is 0 Å². The van der Waals surface area contributed by atoms with Crippen molar-refractivity contribution in [1.29, 1.82) is 0 Å². The molecule has 0 amide bonds. The lowest BCUT2D eigenvalue weighted by Gasteiger charge is -1.99. The molecule has 1 heterocycles. The zero-order valence-corrected chi connectivity index (χ0v) is 8.97. The van der Waals surface area contributed by atoms with E-state index in [1.54, 1.807) is 0 Å².